The predicted octanol–water partition coefficient (Wildman–Crippen LogP) is 1.62. The Labute approximate surface area is 186 Å². The predicted molar refractivity (Wildman–Crippen MR) is 119 cm³/mol. The average molecular weight is 459 g/mol. The molecule has 0 unspecified atom stereocenters. The molecule has 3 heterocycles. The normalized spacial score (nSPS) is 15.7. The van der Waals surface area contributed by atoms with Crippen molar-refractivity contribution in [3.8, 4) is 0 Å². The monoisotopic (exact) mass is 458 g/mol. The lowest BCUT2D eigenvalue weighted by Crippen LogP contribution is -2.48. The number of piperazine rings is 1. The summed E-state index contributed by atoms with van der Waals surface area (Å²) in [5.74, 6) is 1.34. The lowest BCUT2D eigenvalue weighted by Gasteiger charge is -2.33. The molecule has 0 spiro atoms. The first kappa shape index (κ1) is 22.1. The van der Waals surface area contributed by atoms with Crippen LogP contribution in [0.3, 0.4) is 0 Å². The zero-order chi connectivity index (χ0) is 22.9. The van der Waals surface area contributed by atoms with Crippen LogP contribution in [0.15, 0.2) is 33.7 Å². The molecule has 0 radical (unpaired) electrons. The number of hydrogen-bond donors (Lipinski definition) is 2. The van der Waals surface area contributed by atoms with Crippen LogP contribution in [0.1, 0.15) is 22.8 Å². The van der Waals surface area contributed by atoms with Gasteiger partial charge in [0.25, 0.3) is 0 Å². The third kappa shape index (κ3) is 4.56. The molecular weight excluding hydrogens is 432 g/mol. The van der Waals surface area contributed by atoms with Crippen LogP contribution in [0.25, 0.3) is 0 Å². The Morgan fingerprint density at radius 1 is 1.06 bits per heavy atom. The van der Waals surface area contributed by atoms with E-state index in [1.807, 2.05) is 31.2 Å². The third-order valence-electron chi connectivity index (χ3n) is 5.35. The van der Waals surface area contributed by atoms with E-state index in [4.69, 9.17) is 10.3 Å². The molecule has 3 aromatic rings. The van der Waals surface area contributed by atoms with Crippen molar-refractivity contribution >= 4 is 27.6 Å². The molecule has 2 aromatic heterocycles. The first-order chi connectivity index (χ1) is 15.2. The number of nitrogens with zero attached hydrogens (tertiary/aromatic N) is 6. The van der Waals surface area contributed by atoms with Gasteiger partial charge < -0.3 is 15.6 Å². The van der Waals surface area contributed by atoms with Gasteiger partial charge in [0, 0.05) is 31.9 Å². The number of nitrogen functional groups attached to an aromatic ring is 1. The highest BCUT2D eigenvalue weighted by Gasteiger charge is 2.33. The number of aryl methyl sites for hydroxylation is 3. The van der Waals surface area contributed by atoms with Crippen LogP contribution in [0, 0.1) is 20.8 Å². The first-order valence-electron chi connectivity index (χ1n) is 10.2. The highest BCUT2D eigenvalue weighted by Crippen LogP contribution is 2.24. The van der Waals surface area contributed by atoms with Gasteiger partial charge in [0.2, 0.25) is 21.9 Å². The molecule has 0 bridgehead atoms. The van der Waals surface area contributed by atoms with Crippen molar-refractivity contribution < 1.29 is 12.9 Å². The second kappa shape index (κ2) is 8.81. The highest BCUT2D eigenvalue weighted by molar-refractivity contribution is 7.89. The van der Waals surface area contributed by atoms with E-state index in [1.165, 1.54) is 4.31 Å². The fourth-order valence-electron chi connectivity index (χ4n) is 3.70. The van der Waals surface area contributed by atoms with Crippen LogP contribution in [0.5, 0.6) is 0 Å². The van der Waals surface area contributed by atoms with E-state index in [0.717, 1.165) is 11.3 Å². The van der Waals surface area contributed by atoms with Crippen molar-refractivity contribution in [1.29, 1.82) is 0 Å². The van der Waals surface area contributed by atoms with Crippen molar-refractivity contribution in [1.82, 2.24) is 29.3 Å². The number of hydrogen-bond acceptors (Lipinski definition) is 10. The molecule has 32 heavy (non-hydrogen) atoms. The van der Waals surface area contributed by atoms with E-state index >= 15 is 0 Å². The minimum absolute atomic E-state index is 0.130. The topological polar surface area (TPSA) is 143 Å². The molecule has 0 saturated carbocycles. The Kier molecular flexibility index (Phi) is 6.09. The zero-order valence-corrected chi connectivity index (χ0v) is 19.1. The lowest BCUT2D eigenvalue weighted by molar-refractivity contribution is 0.178. The molecule has 0 aliphatic carbocycles. The Balaban J connectivity index is 1.42. The number of anilines is 3. The van der Waals surface area contributed by atoms with Crippen molar-refractivity contribution in [2.45, 2.75) is 32.2 Å². The van der Waals surface area contributed by atoms with Crippen LogP contribution in [0.4, 0.5) is 17.6 Å². The second-order valence-corrected chi connectivity index (χ2v) is 9.58. The van der Waals surface area contributed by atoms with Gasteiger partial charge in [0.15, 0.2) is 5.76 Å². The van der Waals surface area contributed by atoms with E-state index in [9.17, 15) is 8.42 Å². The third-order valence-corrected chi connectivity index (χ3v) is 7.50. The summed E-state index contributed by atoms with van der Waals surface area (Å²) in [6.45, 7) is 7.44. The molecule has 1 saturated heterocycles. The van der Waals surface area contributed by atoms with Gasteiger partial charge >= 0.3 is 0 Å². The molecule has 1 aliphatic rings. The van der Waals surface area contributed by atoms with Crippen LogP contribution in [0.2, 0.25) is 0 Å². The van der Waals surface area contributed by atoms with Crippen LogP contribution >= 0.6 is 0 Å². The van der Waals surface area contributed by atoms with Crippen molar-refractivity contribution in [2.75, 3.05) is 37.2 Å². The molecule has 3 N–H and O–H groups in total. The smallest absolute Gasteiger partial charge is 0.248 e. The van der Waals surface area contributed by atoms with E-state index in [1.54, 1.807) is 13.8 Å². The Morgan fingerprint density at radius 2 is 1.78 bits per heavy atom. The minimum Gasteiger partial charge on any atom is -0.368 e. The quantitative estimate of drug-likeness (QED) is 0.559. The maximum absolute atomic E-state index is 13.0. The number of para-hydroxylation sites is 1. The molecule has 170 valence electrons. The van der Waals surface area contributed by atoms with E-state index in [0.29, 0.717) is 56.0 Å². The number of nitrogens with two attached hydrogens (primary N) is 1. The van der Waals surface area contributed by atoms with Gasteiger partial charge in [-0.2, -0.15) is 19.3 Å². The van der Waals surface area contributed by atoms with E-state index < -0.39 is 10.0 Å². The standard InChI is InChI=1S/C20H26N8O3S/c1-13-6-4-5-7-16(13)22-20-24-17(23-19(21)25-20)12-27-8-10-28(11-9-27)32(29,30)18-14(2)26-31-15(18)3/h4-7H,8-12H2,1-3H3,(H3,21,22,23,24,25). The van der Waals surface area contributed by atoms with Crippen molar-refractivity contribution in [2.24, 2.45) is 0 Å². The number of nitrogens with one attached hydrogen (secondary N) is 1. The second-order valence-electron chi connectivity index (χ2n) is 7.71. The summed E-state index contributed by atoms with van der Waals surface area (Å²) in [6.07, 6.45) is 0. The molecule has 1 aromatic carbocycles. The fourth-order valence-corrected chi connectivity index (χ4v) is 5.41. The van der Waals surface area contributed by atoms with Crippen molar-refractivity contribution in [3.05, 3.63) is 47.1 Å². The number of aromatic nitrogens is 4. The molecule has 12 heteroatoms. The summed E-state index contributed by atoms with van der Waals surface area (Å²) in [6, 6.07) is 7.81. The number of rotatable bonds is 6. The summed E-state index contributed by atoms with van der Waals surface area (Å²) in [4.78, 5) is 15.2. The summed E-state index contributed by atoms with van der Waals surface area (Å²) >= 11 is 0. The van der Waals surface area contributed by atoms with Crippen LogP contribution < -0.4 is 11.1 Å². The molecule has 1 fully saturated rings. The summed E-state index contributed by atoms with van der Waals surface area (Å²) in [5.41, 5.74) is 8.22. The molecule has 4 rings (SSSR count). The van der Waals surface area contributed by atoms with Crippen LogP contribution in [-0.4, -0.2) is 63.9 Å². The minimum atomic E-state index is -3.65. The van der Waals surface area contributed by atoms with Crippen LogP contribution in [-0.2, 0) is 16.6 Å². The highest BCUT2D eigenvalue weighted by atomic mass is 32.2. The van der Waals surface area contributed by atoms with Gasteiger partial charge in [-0.15, -0.1) is 0 Å². The largest absolute Gasteiger partial charge is 0.368 e. The van der Waals surface area contributed by atoms with Gasteiger partial charge in [-0.3, -0.25) is 4.90 Å². The molecular formula is C20H26N8O3S. The fraction of sp³-hybridized carbons (Fsp3) is 0.400. The summed E-state index contributed by atoms with van der Waals surface area (Å²) in [7, 11) is -3.65. The number of benzene rings is 1. The average Bonchev–Trinajstić information content (AvgIpc) is 3.08. The Hall–Kier alpha value is -3.09. The van der Waals surface area contributed by atoms with E-state index in [-0.39, 0.29) is 10.8 Å². The van der Waals surface area contributed by atoms with Gasteiger partial charge in [-0.1, -0.05) is 23.4 Å². The molecule has 11 nitrogen and oxygen atoms in total. The Bertz CT molecular complexity index is 1200. The summed E-state index contributed by atoms with van der Waals surface area (Å²) in [5, 5.41) is 6.95. The number of sulfonamides is 1. The van der Waals surface area contributed by atoms with Gasteiger partial charge in [0.1, 0.15) is 16.4 Å². The maximum atomic E-state index is 13.0. The Morgan fingerprint density at radius 3 is 2.44 bits per heavy atom. The SMILES string of the molecule is Cc1ccccc1Nc1nc(N)nc(CN2CCN(S(=O)(=O)c3c(C)noc3C)CC2)n1. The molecule has 0 amide bonds. The van der Waals surface area contributed by atoms with Crippen molar-refractivity contribution in [3.63, 3.8) is 0 Å². The van der Waals surface area contributed by atoms with E-state index in [2.05, 4.69) is 30.3 Å². The van der Waals surface area contributed by atoms with Gasteiger partial charge in [0.05, 0.1) is 6.54 Å². The van der Waals surface area contributed by atoms with Gasteiger partial charge in [-0.05, 0) is 32.4 Å². The first-order valence-corrected chi connectivity index (χ1v) is 11.7. The summed E-state index contributed by atoms with van der Waals surface area (Å²) < 4.78 is 32.5. The zero-order valence-electron chi connectivity index (χ0n) is 18.2. The molecule has 1 aliphatic heterocycles. The molecule has 0 atom stereocenters. The maximum Gasteiger partial charge on any atom is 0.248 e. The van der Waals surface area contributed by atoms with Gasteiger partial charge in [-0.25, -0.2) is 8.42 Å². The lowest BCUT2D eigenvalue weighted by atomic mass is 10.2.